The summed E-state index contributed by atoms with van der Waals surface area (Å²) in [4.78, 5) is 24.1. The van der Waals surface area contributed by atoms with Gasteiger partial charge in [0.15, 0.2) is 6.29 Å². The summed E-state index contributed by atoms with van der Waals surface area (Å²) < 4.78 is 23.1. The molecule has 1 aliphatic heterocycles. The molecule has 1 fully saturated rings. The van der Waals surface area contributed by atoms with Crippen LogP contribution in [0.3, 0.4) is 0 Å². The van der Waals surface area contributed by atoms with E-state index in [0.717, 1.165) is 44.1 Å². The number of allylic oxidation sites excluding steroid dienone is 1. The van der Waals surface area contributed by atoms with Crippen molar-refractivity contribution < 1.29 is 28.7 Å². The number of anilines is 1. The highest BCUT2D eigenvalue weighted by atomic mass is 16.7. The number of unbranched alkanes of at least 4 members (excludes halogenated alkanes) is 6. The number of benzene rings is 2. The molecule has 9 heteroatoms. The maximum absolute atomic E-state index is 12.9. The number of nitrogens with zero attached hydrogens (tertiary/aromatic N) is 1. The number of hydrogen-bond donors (Lipinski definition) is 1. The smallest absolute Gasteiger partial charge is 0.350 e. The standard InChI is InChI=1S/C32H44N2O7/c1-4-6-8-10-12-14-24-21-38-32(39-22-24)25-15-17-26(18-16-25)41-31(35)27-19-28(33)30(20-29(27)34(36)37)40-23(3)13-11-9-7-5-2/h12,14-20,23-24,32H,4-11,13,21-22,33H2,1-3H3/b14-12+/t23-,24?,32?/m1/s1. The van der Waals surface area contributed by atoms with Gasteiger partial charge >= 0.3 is 5.97 Å². The second kappa shape index (κ2) is 16.7. The first-order valence-corrected chi connectivity index (χ1v) is 14.8. The van der Waals surface area contributed by atoms with Gasteiger partial charge in [-0.2, -0.15) is 0 Å². The molecular weight excluding hydrogens is 524 g/mol. The number of nitro benzene ring substituents is 1. The van der Waals surface area contributed by atoms with E-state index >= 15 is 0 Å². The number of nitrogens with two attached hydrogens (primary N) is 1. The first-order valence-electron chi connectivity index (χ1n) is 14.8. The molecule has 0 unspecified atom stereocenters. The number of rotatable bonds is 16. The molecule has 0 aromatic heterocycles. The van der Waals surface area contributed by atoms with Crippen LogP contribution in [0.25, 0.3) is 0 Å². The molecule has 9 nitrogen and oxygen atoms in total. The highest BCUT2D eigenvalue weighted by Crippen LogP contribution is 2.33. The van der Waals surface area contributed by atoms with Crippen molar-refractivity contribution in [3.8, 4) is 11.5 Å². The molecule has 0 saturated carbocycles. The van der Waals surface area contributed by atoms with Crippen molar-refractivity contribution in [2.75, 3.05) is 18.9 Å². The van der Waals surface area contributed by atoms with Crippen molar-refractivity contribution in [1.29, 1.82) is 0 Å². The van der Waals surface area contributed by atoms with Crippen LogP contribution in [0.1, 0.15) is 101 Å². The van der Waals surface area contributed by atoms with Crippen molar-refractivity contribution in [3.63, 3.8) is 0 Å². The third-order valence-corrected chi connectivity index (χ3v) is 7.01. The van der Waals surface area contributed by atoms with Gasteiger partial charge in [-0.05, 0) is 50.8 Å². The number of carbonyl (C=O) groups is 1. The van der Waals surface area contributed by atoms with Crippen LogP contribution in [-0.2, 0) is 9.47 Å². The average Bonchev–Trinajstić information content (AvgIpc) is 2.96. The molecule has 1 atom stereocenters. The molecule has 1 heterocycles. The SMILES string of the molecule is CCCCC/C=C/C1COC(c2ccc(OC(=O)c3cc(N)c(O[C@H](C)CCCCCC)cc3[N+](=O)[O-])cc2)OC1. The van der Waals surface area contributed by atoms with E-state index < -0.39 is 22.9 Å². The number of ether oxygens (including phenoxy) is 4. The lowest BCUT2D eigenvalue weighted by Gasteiger charge is -2.28. The van der Waals surface area contributed by atoms with E-state index in [4.69, 9.17) is 24.7 Å². The minimum absolute atomic E-state index is 0.138. The van der Waals surface area contributed by atoms with Crippen LogP contribution in [-0.4, -0.2) is 30.2 Å². The van der Waals surface area contributed by atoms with Crippen molar-refractivity contribution in [2.45, 2.75) is 91.0 Å². The Morgan fingerprint density at radius 2 is 1.76 bits per heavy atom. The monoisotopic (exact) mass is 568 g/mol. The Morgan fingerprint density at radius 1 is 1.07 bits per heavy atom. The van der Waals surface area contributed by atoms with Crippen molar-refractivity contribution in [2.24, 2.45) is 5.92 Å². The van der Waals surface area contributed by atoms with Gasteiger partial charge in [-0.15, -0.1) is 0 Å². The molecule has 1 aliphatic rings. The molecule has 3 rings (SSSR count). The number of hydrogen-bond acceptors (Lipinski definition) is 8. The lowest BCUT2D eigenvalue weighted by molar-refractivity contribution is -0.385. The van der Waals surface area contributed by atoms with E-state index in [-0.39, 0.29) is 34.8 Å². The predicted octanol–water partition coefficient (Wildman–Crippen LogP) is 7.93. The number of esters is 1. The van der Waals surface area contributed by atoms with Crippen LogP contribution >= 0.6 is 0 Å². The molecule has 1 saturated heterocycles. The Morgan fingerprint density at radius 3 is 2.41 bits per heavy atom. The van der Waals surface area contributed by atoms with Gasteiger partial charge in [0.2, 0.25) is 0 Å². The summed E-state index contributed by atoms with van der Waals surface area (Å²) in [6.45, 7) is 7.36. The number of nitro groups is 1. The summed E-state index contributed by atoms with van der Waals surface area (Å²) in [6.07, 6.45) is 13.6. The van der Waals surface area contributed by atoms with E-state index in [0.29, 0.717) is 13.2 Å². The van der Waals surface area contributed by atoms with Crippen molar-refractivity contribution in [3.05, 3.63) is 69.8 Å². The summed E-state index contributed by atoms with van der Waals surface area (Å²) in [5.41, 5.74) is 6.38. The van der Waals surface area contributed by atoms with Crippen LogP contribution in [0.4, 0.5) is 11.4 Å². The van der Waals surface area contributed by atoms with Crippen LogP contribution in [0.5, 0.6) is 11.5 Å². The normalized spacial score (nSPS) is 17.8. The largest absolute Gasteiger partial charge is 0.488 e. The molecular formula is C32H44N2O7. The Hall–Kier alpha value is -3.43. The highest BCUT2D eigenvalue weighted by Gasteiger charge is 2.26. The van der Waals surface area contributed by atoms with E-state index in [1.165, 1.54) is 31.4 Å². The number of carbonyl (C=O) groups excluding carboxylic acids is 1. The van der Waals surface area contributed by atoms with Gasteiger partial charge in [0.05, 0.1) is 36.0 Å². The lowest BCUT2D eigenvalue weighted by atomic mass is 10.1. The van der Waals surface area contributed by atoms with Crippen LogP contribution < -0.4 is 15.2 Å². The van der Waals surface area contributed by atoms with Crippen LogP contribution in [0, 0.1) is 16.0 Å². The third-order valence-electron chi connectivity index (χ3n) is 7.01. The second-order valence-electron chi connectivity index (χ2n) is 10.6. The highest BCUT2D eigenvalue weighted by molar-refractivity contribution is 5.97. The Kier molecular flexibility index (Phi) is 13.1. The third kappa shape index (κ3) is 10.2. The predicted molar refractivity (Wildman–Crippen MR) is 159 cm³/mol. The zero-order chi connectivity index (χ0) is 29.6. The minimum Gasteiger partial charge on any atom is -0.488 e. The fraction of sp³-hybridized carbons (Fsp3) is 0.531. The Bertz CT molecular complexity index is 1140. The molecule has 0 aliphatic carbocycles. The van der Waals surface area contributed by atoms with E-state index in [9.17, 15) is 14.9 Å². The van der Waals surface area contributed by atoms with E-state index in [2.05, 4.69) is 26.0 Å². The van der Waals surface area contributed by atoms with Crippen molar-refractivity contribution >= 4 is 17.3 Å². The topological polar surface area (TPSA) is 123 Å². The summed E-state index contributed by atoms with van der Waals surface area (Å²) in [5.74, 6) is -0.241. The fourth-order valence-corrected chi connectivity index (χ4v) is 4.61. The minimum atomic E-state index is -0.881. The lowest BCUT2D eigenvalue weighted by Crippen LogP contribution is -2.25. The molecule has 224 valence electrons. The van der Waals surface area contributed by atoms with E-state index in [1.807, 2.05) is 6.92 Å². The van der Waals surface area contributed by atoms with Crippen LogP contribution in [0.15, 0.2) is 48.6 Å². The van der Waals surface area contributed by atoms with Gasteiger partial charge in [0, 0.05) is 11.5 Å². The molecule has 2 aromatic carbocycles. The van der Waals surface area contributed by atoms with Crippen molar-refractivity contribution in [1.82, 2.24) is 0 Å². The van der Waals surface area contributed by atoms with Gasteiger partial charge in [0.25, 0.3) is 5.69 Å². The van der Waals surface area contributed by atoms with E-state index in [1.54, 1.807) is 24.3 Å². The second-order valence-corrected chi connectivity index (χ2v) is 10.6. The maximum Gasteiger partial charge on any atom is 0.350 e. The maximum atomic E-state index is 12.9. The summed E-state index contributed by atoms with van der Waals surface area (Å²) in [7, 11) is 0. The molecule has 0 radical (unpaired) electrons. The fourth-order valence-electron chi connectivity index (χ4n) is 4.61. The molecule has 41 heavy (non-hydrogen) atoms. The first-order chi connectivity index (χ1) is 19.8. The quantitative estimate of drug-likeness (QED) is 0.0412. The molecule has 0 amide bonds. The molecule has 0 bridgehead atoms. The number of nitrogen functional groups attached to an aromatic ring is 1. The van der Waals surface area contributed by atoms with Gasteiger partial charge in [-0.25, -0.2) is 4.79 Å². The van der Waals surface area contributed by atoms with Crippen LogP contribution in [0.2, 0.25) is 0 Å². The van der Waals surface area contributed by atoms with Gasteiger partial charge in [-0.1, -0.05) is 70.2 Å². The van der Waals surface area contributed by atoms with Gasteiger partial charge < -0.3 is 24.7 Å². The summed E-state index contributed by atoms with van der Waals surface area (Å²) >= 11 is 0. The Labute approximate surface area is 243 Å². The van der Waals surface area contributed by atoms with Gasteiger partial charge in [-0.3, -0.25) is 10.1 Å². The summed E-state index contributed by atoms with van der Waals surface area (Å²) in [5, 5.41) is 11.8. The molecule has 2 N–H and O–H groups in total. The molecule has 2 aromatic rings. The summed E-state index contributed by atoms with van der Waals surface area (Å²) in [6, 6.07) is 9.14. The zero-order valence-corrected chi connectivity index (χ0v) is 24.5. The van der Waals surface area contributed by atoms with Gasteiger partial charge in [0.1, 0.15) is 17.1 Å². The zero-order valence-electron chi connectivity index (χ0n) is 24.5. The first kappa shape index (κ1) is 32.1. The Balaban J connectivity index is 1.58. The molecule has 0 spiro atoms. The average molecular weight is 569 g/mol.